The van der Waals surface area contributed by atoms with Gasteiger partial charge in [-0.2, -0.15) is 0 Å². The average molecular weight is 1500 g/mol. The molecule has 0 saturated carbocycles. The minimum Gasteiger partial charge on any atom is -0.699 e. The molecule has 154 valence electrons. The van der Waals surface area contributed by atoms with Crippen LogP contribution in [0.15, 0.2) is 0 Å². The molecule has 0 atom stereocenters. The van der Waals surface area contributed by atoms with Crippen molar-refractivity contribution in [2.75, 3.05) is 53.3 Å². The van der Waals surface area contributed by atoms with Crippen molar-refractivity contribution in [2.45, 2.75) is 0 Å². The van der Waals surface area contributed by atoms with Crippen molar-refractivity contribution in [3.63, 3.8) is 0 Å². The second kappa shape index (κ2) is 96.9. The summed E-state index contributed by atoms with van der Waals surface area (Å²) in [5, 5.41) is 7.08. The van der Waals surface area contributed by atoms with Crippen molar-refractivity contribution in [1.29, 1.82) is 0 Å². The van der Waals surface area contributed by atoms with Gasteiger partial charge in [0.2, 0.25) is 0 Å². The van der Waals surface area contributed by atoms with Crippen molar-refractivity contribution >= 4 is 0 Å². The Labute approximate surface area is 548 Å². The SMILES string of the molecule is [NH-]CN(C[NH-])CN(C[NH-])C[NH-].[NH-]C[N-]C[N-]C[NH-].[Y].[Y].[Y].[Y].[Y].[Y].[Y].[Y].[Y].[Y].[Y].[Y].[Y].[Y]. The van der Waals surface area contributed by atoms with E-state index in [-0.39, 0.29) is 498 Å². The molecule has 0 unspecified atom stereocenters. The molecule has 0 fully saturated rings. The molecular formula is C8H22N10Y14-8. The number of nitrogens with one attached hydrogen (secondary N) is 6. The van der Waals surface area contributed by atoms with Gasteiger partial charge < -0.3 is 54.8 Å². The Morgan fingerprint density at radius 1 is 0.375 bits per heavy atom. The molecule has 0 aliphatic rings. The fraction of sp³-hybridized carbons (Fsp3) is 1.00. The van der Waals surface area contributed by atoms with Gasteiger partial charge >= 0.3 is 0 Å². The molecule has 10 nitrogen and oxygen atoms in total. The second-order valence-corrected chi connectivity index (χ2v) is 3.02. The molecular weight excluding hydrogens is 1480 g/mol. The van der Waals surface area contributed by atoms with Crippen molar-refractivity contribution in [3.05, 3.63) is 45.0 Å². The maximum absolute atomic E-state index is 6.96. The Morgan fingerprint density at radius 2 is 0.562 bits per heavy atom. The zero-order valence-corrected chi connectivity index (χ0v) is 58.3. The molecule has 24 heteroatoms. The van der Waals surface area contributed by atoms with Crippen molar-refractivity contribution in [2.24, 2.45) is 0 Å². The molecule has 0 saturated heterocycles. The molecule has 0 aromatic rings. The summed E-state index contributed by atoms with van der Waals surface area (Å²) in [6.07, 6.45) is 0. The molecule has 32 heavy (non-hydrogen) atoms. The van der Waals surface area contributed by atoms with Crippen molar-refractivity contribution < 1.29 is 458 Å². The fourth-order valence-electron chi connectivity index (χ4n) is 0.765. The first-order valence-electron chi connectivity index (χ1n) is 5.28. The van der Waals surface area contributed by atoms with Crippen LogP contribution in [0, 0.1) is 0 Å². The molecule has 0 rings (SSSR count). The van der Waals surface area contributed by atoms with E-state index >= 15 is 0 Å². The van der Waals surface area contributed by atoms with E-state index in [4.69, 9.17) is 34.4 Å². The summed E-state index contributed by atoms with van der Waals surface area (Å²) in [5.41, 5.74) is 40.8. The van der Waals surface area contributed by atoms with Crippen LogP contribution in [0.2, 0.25) is 0 Å². The van der Waals surface area contributed by atoms with Gasteiger partial charge in [-0.15, -0.1) is 0 Å². The molecule has 14 radical (unpaired) electrons. The normalized spacial score (nSPS) is 6.00. The van der Waals surface area contributed by atoms with Gasteiger partial charge in [0.1, 0.15) is 0 Å². The summed E-state index contributed by atoms with van der Waals surface area (Å²) in [4.78, 5) is 3.06. The summed E-state index contributed by atoms with van der Waals surface area (Å²) in [5.74, 6) is 0. The summed E-state index contributed by atoms with van der Waals surface area (Å²) in [6.45, 7) is 1.03. The molecule has 0 aromatic heterocycles. The summed E-state index contributed by atoms with van der Waals surface area (Å²) in [6, 6.07) is 0. The van der Waals surface area contributed by atoms with Crippen LogP contribution in [-0.2, 0) is 458 Å². The van der Waals surface area contributed by atoms with Crippen LogP contribution in [0.25, 0.3) is 45.0 Å². The van der Waals surface area contributed by atoms with Gasteiger partial charge in [-0.25, -0.2) is 0 Å². The van der Waals surface area contributed by atoms with Crippen LogP contribution in [0.5, 0.6) is 0 Å². The van der Waals surface area contributed by atoms with Crippen molar-refractivity contribution in [1.82, 2.24) is 9.80 Å². The van der Waals surface area contributed by atoms with Crippen LogP contribution in [0.1, 0.15) is 0 Å². The number of hydrogen-bond acceptors (Lipinski definition) is 2. The minimum absolute atomic E-state index is 0. The Kier molecular flexibility index (Phi) is 314. The molecule has 0 spiro atoms. The first-order chi connectivity index (χ1) is 8.69. The van der Waals surface area contributed by atoms with Crippen LogP contribution >= 0.6 is 0 Å². The third-order valence-electron chi connectivity index (χ3n) is 1.72. The predicted molar refractivity (Wildman–Crippen MR) is 75.3 cm³/mol. The first-order valence-corrected chi connectivity index (χ1v) is 5.28. The minimum atomic E-state index is 0. The third-order valence-corrected chi connectivity index (χ3v) is 1.72. The van der Waals surface area contributed by atoms with Crippen LogP contribution in [0.4, 0.5) is 0 Å². The van der Waals surface area contributed by atoms with Gasteiger partial charge in [0, 0.05) is 465 Å². The fourth-order valence-corrected chi connectivity index (χ4v) is 0.765. The molecule has 6 N–H and O–H groups in total. The van der Waals surface area contributed by atoms with Crippen LogP contribution in [-0.4, -0.2) is 63.1 Å². The maximum Gasteiger partial charge on any atom is 0.0442 e. The van der Waals surface area contributed by atoms with E-state index in [1.54, 1.807) is 0 Å². The zero-order chi connectivity index (χ0) is 14.2. The standard InChI is InChI=1S/C5H14N6.C3H8N4.14Y/c6-1-10(2-7)5-11(3-8)4-9;4-1-6-3-7-2-5;;;;;;;;;;;;;;/h6-9H,1-5H2;4-5H,1-3H2;;;;;;;;;;;;;;/q2*-4;;;;;;;;;;;;;;. The monoisotopic (exact) mass is 1500 g/mol. The van der Waals surface area contributed by atoms with E-state index in [2.05, 4.69) is 10.6 Å². The van der Waals surface area contributed by atoms with Crippen molar-refractivity contribution in [3.8, 4) is 0 Å². The van der Waals surface area contributed by atoms with Gasteiger partial charge in [0.05, 0.1) is 0 Å². The Morgan fingerprint density at radius 3 is 0.688 bits per heavy atom. The van der Waals surface area contributed by atoms with Crippen LogP contribution < -0.4 is 0 Å². The van der Waals surface area contributed by atoms with E-state index in [1.807, 2.05) is 0 Å². The van der Waals surface area contributed by atoms with Gasteiger partial charge in [-0.1, -0.05) is 26.7 Å². The Bertz CT molecular complexity index is 155. The van der Waals surface area contributed by atoms with Gasteiger partial charge in [0.25, 0.3) is 0 Å². The quantitative estimate of drug-likeness (QED) is 0.241. The average Bonchev–Trinajstić information content (AvgIpc) is 2.42. The van der Waals surface area contributed by atoms with E-state index in [0.717, 1.165) is 0 Å². The molecule has 0 aliphatic heterocycles. The van der Waals surface area contributed by atoms with E-state index in [0.29, 0.717) is 13.3 Å². The number of rotatable bonds is 10. The molecule has 0 amide bonds. The molecule has 0 aromatic carbocycles. The summed E-state index contributed by atoms with van der Waals surface area (Å²) in [7, 11) is 0. The number of hydrogen-bond donors (Lipinski definition) is 0. The largest absolute Gasteiger partial charge is 0.699 e. The summed E-state index contributed by atoms with van der Waals surface area (Å²) < 4.78 is 0. The van der Waals surface area contributed by atoms with E-state index in [1.165, 1.54) is 9.80 Å². The topological polar surface area (TPSA) is 177 Å². The first kappa shape index (κ1) is 103. The molecule has 0 aliphatic carbocycles. The molecule has 0 bridgehead atoms. The van der Waals surface area contributed by atoms with Gasteiger partial charge in [-0.05, 0) is 0 Å². The van der Waals surface area contributed by atoms with Gasteiger partial charge in [0.15, 0.2) is 0 Å². The van der Waals surface area contributed by atoms with Crippen LogP contribution in [0.3, 0.4) is 0 Å². The zero-order valence-electron chi connectivity index (χ0n) is 18.5. The number of nitrogens with zero attached hydrogens (tertiary/aromatic N) is 4. The summed E-state index contributed by atoms with van der Waals surface area (Å²) >= 11 is 0. The maximum atomic E-state index is 6.96. The second-order valence-electron chi connectivity index (χ2n) is 3.02. The van der Waals surface area contributed by atoms with Gasteiger partial charge in [-0.3, -0.25) is 20.0 Å². The Balaban J connectivity index is -0.00000000819. The third kappa shape index (κ3) is 90.7. The van der Waals surface area contributed by atoms with E-state index < -0.39 is 0 Å². The smallest absolute Gasteiger partial charge is 0.0442 e. The Hall–Kier alpha value is 15.1. The molecule has 0 heterocycles. The predicted octanol–water partition coefficient (Wildman–Crippen LogP) is 3.26. The van der Waals surface area contributed by atoms with E-state index in [9.17, 15) is 0 Å².